The molecule has 2 heterocycles. The quantitative estimate of drug-likeness (QED) is 0.257. The molecule has 0 aliphatic carbocycles. The van der Waals surface area contributed by atoms with E-state index < -0.39 is 0 Å². The fraction of sp³-hybridized carbons (Fsp3) is 0.412. The van der Waals surface area contributed by atoms with Gasteiger partial charge in [0.2, 0.25) is 0 Å². The third kappa shape index (κ3) is 7.62. The Morgan fingerprint density at radius 1 is 0.929 bits per heavy atom. The van der Waals surface area contributed by atoms with Gasteiger partial charge in [-0.15, -0.1) is 0 Å². The Kier molecular flexibility index (Phi) is 10.3. The number of methoxy groups -OCH3 is 1. The minimum atomic E-state index is -0.342. The summed E-state index contributed by atoms with van der Waals surface area (Å²) in [6.07, 6.45) is 4.40. The number of anilines is 1. The molecule has 0 aromatic heterocycles. The lowest BCUT2D eigenvalue weighted by Gasteiger charge is -2.33. The van der Waals surface area contributed by atoms with Crippen molar-refractivity contribution in [3.8, 4) is 5.75 Å². The summed E-state index contributed by atoms with van der Waals surface area (Å²) in [6.45, 7) is 3.82. The largest absolute Gasteiger partial charge is 0.495 e. The smallest absolute Gasteiger partial charge is 0.258 e. The van der Waals surface area contributed by atoms with Crippen molar-refractivity contribution in [3.05, 3.63) is 95.3 Å². The van der Waals surface area contributed by atoms with E-state index in [1.165, 1.54) is 12.1 Å². The Hall–Kier alpha value is -3.59. The number of ether oxygens (including phenoxy) is 3. The monoisotopic (exact) mass is 574 g/mol. The van der Waals surface area contributed by atoms with Gasteiger partial charge in [-0.05, 0) is 99.3 Å². The van der Waals surface area contributed by atoms with E-state index in [0.717, 1.165) is 57.4 Å². The van der Waals surface area contributed by atoms with Crippen LogP contribution in [-0.4, -0.2) is 62.8 Å². The van der Waals surface area contributed by atoms with E-state index in [9.17, 15) is 14.0 Å². The highest BCUT2D eigenvalue weighted by atomic mass is 19.1. The standard InChI is InChI=1S/C34H39FN2O5/c1-40-31-7-3-2-6-30(31)37(34(39)28-11-9-25(10-12-28)24-42-32-8-4-5-23-41-32)22-21-36-19-17-27(18-20-36)33(38)26-13-15-29(35)16-14-26/h2-3,6-7,9-16,27,32H,4-5,8,17-24H2,1H3. The second-order valence-electron chi connectivity index (χ2n) is 10.9. The fourth-order valence-electron chi connectivity index (χ4n) is 5.63. The van der Waals surface area contributed by atoms with Gasteiger partial charge >= 0.3 is 0 Å². The fourth-order valence-corrected chi connectivity index (χ4v) is 5.63. The number of nitrogens with zero attached hydrogens (tertiary/aromatic N) is 2. The van der Waals surface area contributed by atoms with Crippen LogP contribution < -0.4 is 9.64 Å². The third-order valence-corrected chi connectivity index (χ3v) is 8.12. The molecule has 1 atom stereocenters. The number of Topliss-reactive ketones (excluding diaryl/α,β-unsaturated/α-hetero) is 1. The van der Waals surface area contributed by atoms with Crippen LogP contribution in [0.1, 0.15) is 58.4 Å². The van der Waals surface area contributed by atoms with Crippen molar-refractivity contribution in [2.24, 2.45) is 5.92 Å². The van der Waals surface area contributed by atoms with Crippen LogP contribution in [0.15, 0.2) is 72.8 Å². The molecule has 0 radical (unpaired) electrons. The summed E-state index contributed by atoms with van der Waals surface area (Å²) in [7, 11) is 1.61. The number of carbonyl (C=O) groups is 2. The summed E-state index contributed by atoms with van der Waals surface area (Å²) in [5, 5.41) is 0. The highest BCUT2D eigenvalue weighted by molar-refractivity contribution is 6.07. The Bertz CT molecular complexity index is 1320. The molecule has 1 amide bonds. The molecule has 2 aliphatic rings. The highest BCUT2D eigenvalue weighted by Gasteiger charge is 2.27. The first-order valence-corrected chi connectivity index (χ1v) is 14.8. The number of rotatable bonds is 11. The second kappa shape index (κ2) is 14.5. The third-order valence-electron chi connectivity index (χ3n) is 8.12. The van der Waals surface area contributed by atoms with Crippen molar-refractivity contribution in [1.29, 1.82) is 0 Å². The van der Waals surface area contributed by atoms with Gasteiger partial charge in [-0.2, -0.15) is 0 Å². The molecule has 0 bridgehead atoms. The Morgan fingerprint density at radius 3 is 2.33 bits per heavy atom. The molecule has 7 nitrogen and oxygen atoms in total. The zero-order valence-corrected chi connectivity index (χ0v) is 24.2. The SMILES string of the molecule is COc1ccccc1N(CCN1CCC(C(=O)c2ccc(F)cc2)CC1)C(=O)c1ccc(COC2CCCCO2)cc1. The van der Waals surface area contributed by atoms with Crippen LogP contribution in [0.25, 0.3) is 0 Å². The van der Waals surface area contributed by atoms with E-state index >= 15 is 0 Å². The zero-order valence-electron chi connectivity index (χ0n) is 24.2. The van der Waals surface area contributed by atoms with Gasteiger partial charge in [0.05, 0.1) is 19.4 Å². The number of hydrogen-bond acceptors (Lipinski definition) is 6. The van der Waals surface area contributed by atoms with Crippen LogP contribution in [0.5, 0.6) is 5.75 Å². The van der Waals surface area contributed by atoms with Gasteiger partial charge in [0, 0.05) is 36.7 Å². The first-order valence-electron chi connectivity index (χ1n) is 14.8. The lowest BCUT2D eigenvalue weighted by Crippen LogP contribution is -2.43. The molecular weight excluding hydrogens is 535 g/mol. The predicted octanol–water partition coefficient (Wildman–Crippen LogP) is 6.12. The van der Waals surface area contributed by atoms with E-state index in [0.29, 0.717) is 42.3 Å². The maximum atomic E-state index is 13.9. The summed E-state index contributed by atoms with van der Waals surface area (Å²) in [5.74, 6) is 0.174. The van der Waals surface area contributed by atoms with Crippen molar-refractivity contribution in [3.63, 3.8) is 0 Å². The molecule has 5 rings (SSSR count). The van der Waals surface area contributed by atoms with Gasteiger partial charge < -0.3 is 24.0 Å². The number of ketones is 1. The molecule has 2 fully saturated rings. The van der Waals surface area contributed by atoms with E-state index in [1.54, 1.807) is 24.1 Å². The van der Waals surface area contributed by atoms with Crippen molar-refractivity contribution >= 4 is 17.4 Å². The van der Waals surface area contributed by atoms with Crippen LogP contribution in [0.2, 0.25) is 0 Å². The molecule has 0 saturated carbocycles. The van der Waals surface area contributed by atoms with Crippen LogP contribution in [0, 0.1) is 11.7 Å². The molecule has 2 saturated heterocycles. The van der Waals surface area contributed by atoms with Crippen molar-refractivity contribution in [1.82, 2.24) is 4.90 Å². The van der Waals surface area contributed by atoms with Gasteiger partial charge in [-0.1, -0.05) is 24.3 Å². The molecule has 8 heteroatoms. The first-order chi connectivity index (χ1) is 20.5. The average Bonchev–Trinajstić information content (AvgIpc) is 3.05. The number of para-hydroxylation sites is 2. The molecule has 0 spiro atoms. The van der Waals surface area contributed by atoms with Crippen molar-refractivity contribution in [2.75, 3.05) is 44.8 Å². The second-order valence-corrected chi connectivity index (χ2v) is 10.9. The molecule has 1 unspecified atom stereocenters. The number of likely N-dealkylation sites (tertiary alicyclic amines) is 1. The maximum Gasteiger partial charge on any atom is 0.258 e. The molecule has 3 aromatic carbocycles. The zero-order chi connectivity index (χ0) is 29.3. The Morgan fingerprint density at radius 2 is 1.64 bits per heavy atom. The predicted molar refractivity (Wildman–Crippen MR) is 159 cm³/mol. The number of halogens is 1. The average molecular weight is 575 g/mol. The van der Waals surface area contributed by atoms with Crippen LogP contribution >= 0.6 is 0 Å². The summed E-state index contributed by atoms with van der Waals surface area (Å²) >= 11 is 0. The summed E-state index contributed by atoms with van der Waals surface area (Å²) in [4.78, 5) is 30.8. The minimum absolute atomic E-state index is 0.0700. The summed E-state index contributed by atoms with van der Waals surface area (Å²) < 4.78 is 30.4. The molecule has 42 heavy (non-hydrogen) atoms. The minimum Gasteiger partial charge on any atom is -0.495 e. The van der Waals surface area contributed by atoms with Gasteiger partial charge in [0.25, 0.3) is 5.91 Å². The van der Waals surface area contributed by atoms with Gasteiger partial charge in [-0.3, -0.25) is 9.59 Å². The summed E-state index contributed by atoms with van der Waals surface area (Å²) in [6, 6.07) is 20.9. The van der Waals surface area contributed by atoms with Gasteiger partial charge in [0.1, 0.15) is 11.6 Å². The van der Waals surface area contributed by atoms with Gasteiger partial charge in [-0.25, -0.2) is 4.39 Å². The summed E-state index contributed by atoms with van der Waals surface area (Å²) in [5.41, 5.74) is 2.85. The Labute approximate surface area is 247 Å². The maximum absolute atomic E-state index is 13.9. The molecule has 2 aliphatic heterocycles. The van der Waals surface area contributed by atoms with Crippen LogP contribution in [0.4, 0.5) is 10.1 Å². The topological polar surface area (TPSA) is 68.3 Å². The van der Waals surface area contributed by atoms with Crippen LogP contribution in [-0.2, 0) is 16.1 Å². The van der Waals surface area contributed by atoms with Crippen LogP contribution in [0.3, 0.4) is 0 Å². The normalized spacial score (nSPS) is 18.0. The number of hydrogen-bond donors (Lipinski definition) is 0. The molecule has 222 valence electrons. The van der Waals surface area contributed by atoms with Gasteiger partial charge in [0.15, 0.2) is 12.1 Å². The lowest BCUT2D eigenvalue weighted by atomic mass is 9.89. The Balaban J connectivity index is 1.21. The van der Waals surface area contributed by atoms with E-state index in [4.69, 9.17) is 14.2 Å². The van der Waals surface area contributed by atoms with E-state index in [-0.39, 0.29) is 29.7 Å². The molecular formula is C34H39FN2O5. The lowest BCUT2D eigenvalue weighted by molar-refractivity contribution is -0.168. The van der Waals surface area contributed by atoms with E-state index in [2.05, 4.69) is 4.90 Å². The first kappa shape index (κ1) is 29.9. The number of carbonyl (C=O) groups excluding carboxylic acids is 2. The number of amides is 1. The number of piperidine rings is 1. The van der Waals surface area contributed by atoms with E-state index in [1.807, 2.05) is 48.5 Å². The van der Waals surface area contributed by atoms with Crippen molar-refractivity contribution in [2.45, 2.75) is 45.0 Å². The molecule has 0 N–H and O–H groups in total. The number of benzene rings is 3. The van der Waals surface area contributed by atoms with Crippen molar-refractivity contribution < 1.29 is 28.2 Å². The highest BCUT2D eigenvalue weighted by Crippen LogP contribution is 2.30. The molecule has 3 aromatic rings.